The summed E-state index contributed by atoms with van der Waals surface area (Å²) in [5, 5.41) is 0. The average Bonchev–Trinajstić information content (AvgIpc) is 2.04. The Balaban J connectivity index is -0.000000563. The predicted octanol–water partition coefficient (Wildman–Crippen LogP) is 1.39. The van der Waals surface area contributed by atoms with Crippen LogP contribution >= 0.6 is 24.2 Å². The lowest BCUT2D eigenvalue weighted by Gasteiger charge is -2.15. The molecule has 0 radical (unpaired) electrons. The third kappa shape index (κ3) is 8.46. The third-order valence-corrected chi connectivity index (χ3v) is 4.54. The minimum atomic E-state index is -0.782. The first kappa shape index (κ1) is 21.6. The molecule has 1 nitrogen and oxygen atoms in total. The van der Waals surface area contributed by atoms with Crippen molar-refractivity contribution in [1.82, 2.24) is 6.15 Å². The molecule has 0 fully saturated rings. The number of allylic oxidation sites excluding steroid dienone is 1. The van der Waals surface area contributed by atoms with E-state index in [-0.39, 0.29) is 40.1 Å². The normalized spacial score (nSPS) is 9.12. The van der Waals surface area contributed by atoms with E-state index in [1.807, 2.05) is 0 Å². The first-order valence-electron chi connectivity index (χ1n) is 4.61. The van der Waals surface area contributed by atoms with Gasteiger partial charge in [0.15, 0.2) is 0 Å². The lowest BCUT2D eigenvalue weighted by atomic mass is 10.2. The van der Waals surface area contributed by atoms with Crippen LogP contribution in [0.5, 0.6) is 0 Å². The van der Waals surface area contributed by atoms with Crippen molar-refractivity contribution >= 4 is 24.2 Å². The number of halogens is 2. The summed E-state index contributed by atoms with van der Waals surface area (Å²) >= 11 is 0. The smallest absolute Gasteiger partial charge is 0.0840 e. The summed E-state index contributed by atoms with van der Waals surface area (Å²) in [6.07, 6.45) is 4.47. The van der Waals surface area contributed by atoms with Gasteiger partial charge < -0.3 is 23.1 Å². The Kier molecular flexibility index (Phi) is 14.1. The van der Waals surface area contributed by atoms with E-state index in [1.54, 1.807) is 0 Å². The number of hydrogen-bond acceptors (Lipinski definition) is 1. The number of rotatable bonds is 4. The van der Waals surface area contributed by atoms with Crippen LogP contribution in [0.1, 0.15) is 5.56 Å². The van der Waals surface area contributed by atoms with Crippen LogP contribution < -0.4 is 23.1 Å². The minimum absolute atomic E-state index is 0. The molecule has 3 N–H and O–H groups in total. The zero-order valence-corrected chi connectivity index (χ0v) is 14.2. The van der Waals surface area contributed by atoms with Gasteiger partial charge in [-0.1, -0.05) is 43.0 Å². The Morgan fingerprint density at radius 3 is 2.12 bits per heavy atom. The molecular formula is C12H22Br2NP. The largest absolute Gasteiger partial charge is 1.00 e. The van der Waals surface area contributed by atoms with E-state index in [4.69, 9.17) is 0 Å². The van der Waals surface area contributed by atoms with Crippen LogP contribution in [0, 0.1) is 0 Å². The van der Waals surface area contributed by atoms with Crippen LogP contribution in [-0.2, 0) is 6.16 Å². The second kappa shape index (κ2) is 10.5. The van der Waals surface area contributed by atoms with Crippen molar-refractivity contribution in [3.05, 3.63) is 48.6 Å². The van der Waals surface area contributed by atoms with Gasteiger partial charge >= 0.3 is 0 Å². The lowest BCUT2D eigenvalue weighted by Crippen LogP contribution is -3.00. The predicted molar refractivity (Wildman–Crippen MR) is 79.3 cm³/mol. The Morgan fingerprint density at radius 1 is 1.19 bits per heavy atom. The molecule has 4 heteroatoms. The topological polar surface area (TPSA) is 35.0 Å². The second-order valence-corrected chi connectivity index (χ2v) is 8.60. The summed E-state index contributed by atoms with van der Waals surface area (Å²) in [5.74, 6) is 0. The second-order valence-electron chi connectivity index (χ2n) is 4.05. The summed E-state index contributed by atoms with van der Waals surface area (Å²) in [6, 6.07) is 10.7. The summed E-state index contributed by atoms with van der Waals surface area (Å²) in [6.45, 7) is 8.60. The maximum Gasteiger partial charge on any atom is 0.0840 e. The molecule has 0 saturated heterocycles. The molecule has 0 saturated carbocycles. The fraction of sp³-hybridized carbons (Fsp3) is 0.333. The molecule has 1 rings (SSSR count). The quantitative estimate of drug-likeness (QED) is 0.630. The highest BCUT2D eigenvalue weighted by Crippen LogP contribution is 2.54. The van der Waals surface area contributed by atoms with Gasteiger partial charge in [0.1, 0.15) is 0 Å². The summed E-state index contributed by atoms with van der Waals surface area (Å²) in [5.41, 5.74) is 1.46. The van der Waals surface area contributed by atoms with Gasteiger partial charge in [0.25, 0.3) is 0 Å². The lowest BCUT2D eigenvalue weighted by molar-refractivity contribution is -0.00000354. The van der Waals surface area contributed by atoms with Crippen molar-refractivity contribution in [2.45, 2.75) is 6.16 Å². The summed E-state index contributed by atoms with van der Waals surface area (Å²) < 4.78 is 0. The van der Waals surface area contributed by atoms with Gasteiger partial charge in [0.05, 0.1) is 12.3 Å². The first-order valence-corrected chi connectivity index (χ1v) is 7.66. The molecule has 0 unspecified atom stereocenters. The van der Waals surface area contributed by atoms with Crippen LogP contribution in [0.3, 0.4) is 0 Å². The maximum atomic E-state index is 3.82. The Morgan fingerprint density at radius 2 is 1.69 bits per heavy atom. The first-order chi connectivity index (χ1) is 6.14. The van der Waals surface area contributed by atoms with Crippen LogP contribution in [0.2, 0.25) is 0 Å². The standard InChI is InChI=1S/C12H18P.2BrH.H3N/c1-4-10-13(2,3)11-12-8-6-5-7-9-12;;;/h4-9H,1,10-11H2,2-3H3;2*1H;1H3/q+1;;;/p-1. The molecule has 1 aromatic carbocycles. The molecule has 0 aliphatic carbocycles. The van der Waals surface area contributed by atoms with E-state index in [0.717, 1.165) is 0 Å². The highest BCUT2D eigenvalue weighted by atomic mass is 79.9. The van der Waals surface area contributed by atoms with E-state index in [2.05, 4.69) is 56.3 Å². The third-order valence-electron chi connectivity index (χ3n) is 2.08. The van der Waals surface area contributed by atoms with Crippen molar-refractivity contribution in [3.63, 3.8) is 0 Å². The Hall–Kier alpha value is 0.310. The molecular weight excluding hydrogens is 349 g/mol. The van der Waals surface area contributed by atoms with Gasteiger partial charge in [-0.25, -0.2) is 0 Å². The monoisotopic (exact) mass is 369 g/mol. The molecule has 0 heterocycles. The molecule has 0 bridgehead atoms. The highest BCUT2D eigenvalue weighted by Gasteiger charge is 2.22. The van der Waals surface area contributed by atoms with Crippen molar-refractivity contribution in [2.75, 3.05) is 19.5 Å². The highest BCUT2D eigenvalue weighted by molar-refractivity contribution is 8.93. The molecule has 0 aliphatic heterocycles. The number of benzene rings is 1. The Labute approximate surface area is 121 Å². The van der Waals surface area contributed by atoms with Crippen molar-refractivity contribution in [2.24, 2.45) is 0 Å². The minimum Gasteiger partial charge on any atom is -1.00 e. The van der Waals surface area contributed by atoms with Gasteiger partial charge in [-0.15, -0.1) is 17.0 Å². The van der Waals surface area contributed by atoms with E-state index in [0.29, 0.717) is 0 Å². The van der Waals surface area contributed by atoms with E-state index < -0.39 is 7.26 Å². The van der Waals surface area contributed by atoms with Crippen molar-refractivity contribution in [1.29, 1.82) is 0 Å². The van der Waals surface area contributed by atoms with Gasteiger partial charge in [-0.2, -0.15) is 0 Å². The van der Waals surface area contributed by atoms with Crippen molar-refractivity contribution < 1.29 is 17.0 Å². The van der Waals surface area contributed by atoms with Crippen LogP contribution in [0.15, 0.2) is 43.0 Å². The van der Waals surface area contributed by atoms with Gasteiger partial charge in [0.2, 0.25) is 0 Å². The molecule has 0 amide bonds. The molecule has 94 valence electrons. The average molecular weight is 371 g/mol. The van der Waals surface area contributed by atoms with Crippen LogP contribution in [-0.4, -0.2) is 19.5 Å². The SMILES string of the molecule is Br.C=CC[P+](C)(C)Cc1ccccc1.N.[Br-]. The zero-order valence-electron chi connectivity index (χ0n) is 10.0. The van der Waals surface area contributed by atoms with Crippen LogP contribution in [0.4, 0.5) is 0 Å². The fourth-order valence-corrected chi connectivity index (χ4v) is 3.52. The summed E-state index contributed by atoms with van der Waals surface area (Å²) in [4.78, 5) is 0. The number of hydrogen-bond donors (Lipinski definition) is 1. The van der Waals surface area contributed by atoms with E-state index in [1.165, 1.54) is 17.9 Å². The molecule has 16 heavy (non-hydrogen) atoms. The summed E-state index contributed by atoms with van der Waals surface area (Å²) in [7, 11) is -0.782. The molecule has 1 aromatic rings. The molecule has 0 aromatic heterocycles. The van der Waals surface area contributed by atoms with Gasteiger partial charge in [-0.3, -0.25) is 0 Å². The zero-order chi connectivity index (χ0) is 9.73. The van der Waals surface area contributed by atoms with Crippen molar-refractivity contribution in [3.8, 4) is 0 Å². The van der Waals surface area contributed by atoms with Gasteiger partial charge in [-0.05, 0) is 5.56 Å². The Bertz CT molecular complexity index is 276. The van der Waals surface area contributed by atoms with Gasteiger partial charge in [0, 0.05) is 20.6 Å². The van der Waals surface area contributed by atoms with E-state index >= 15 is 0 Å². The molecule has 0 aliphatic rings. The molecule has 0 spiro atoms. The van der Waals surface area contributed by atoms with Crippen LogP contribution in [0.25, 0.3) is 0 Å². The maximum absolute atomic E-state index is 3.82. The fourth-order valence-electron chi connectivity index (χ4n) is 1.49. The van der Waals surface area contributed by atoms with E-state index in [9.17, 15) is 0 Å². The molecule has 0 atom stereocenters.